The van der Waals surface area contributed by atoms with Gasteiger partial charge in [0, 0.05) is 6.42 Å². The standard InChI is InChI=1S/C18H29N3O5/c1-6-9-13(19-10-7-2)16(23)17(24)20-11-14(22)21-15(12(4)8-3)18(25)26-5/h12-13,15H,6-9,11H2,1-5H3,(H-,20,21,22,24)/p+1. The molecule has 8 heteroatoms. The topological polar surface area (TPSA) is 106 Å². The first kappa shape index (κ1) is 23.6. The fourth-order valence-corrected chi connectivity index (χ4v) is 2.15. The van der Waals surface area contributed by atoms with Gasteiger partial charge < -0.3 is 15.4 Å². The highest BCUT2D eigenvalue weighted by Gasteiger charge is 2.33. The van der Waals surface area contributed by atoms with Crippen molar-refractivity contribution in [3.8, 4) is 6.07 Å². The van der Waals surface area contributed by atoms with Crippen LogP contribution in [0.5, 0.6) is 0 Å². The Kier molecular flexibility index (Phi) is 11.7. The van der Waals surface area contributed by atoms with E-state index in [2.05, 4.69) is 26.3 Å². The third kappa shape index (κ3) is 8.10. The van der Waals surface area contributed by atoms with Crippen molar-refractivity contribution in [1.82, 2.24) is 10.6 Å². The number of methoxy groups -OCH3 is 1. The Morgan fingerprint density at radius 1 is 1.15 bits per heavy atom. The van der Waals surface area contributed by atoms with Crippen LogP contribution in [-0.2, 0) is 23.9 Å². The van der Waals surface area contributed by atoms with E-state index in [1.54, 1.807) is 0 Å². The molecule has 0 aromatic heterocycles. The number of ether oxygens (including phenoxy) is 1. The van der Waals surface area contributed by atoms with E-state index in [4.69, 9.17) is 0 Å². The summed E-state index contributed by atoms with van der Waals surface area (Å²) >= 11 is 0. The molecule has 0 aliphatic rings. The van der Waals surface area contributed by atoms with Gasteiger partial charge in [-0.1, -0.05) is 32.0 Å². The largest absolute Gasteiger partial charge is 0.467 e. The van der Waals surface area contributed by atoms with E-state index >= 15 is 0 Å². The number of esters is 1. The van der Waals surface area contributed by atoms with Crippen molar-refractivity contribution in [2.24, 2.45) is 5.92 Å². The lowest BCUT2D eigenvalue weighted by atomic mass is 9.99. The van der Waals surface area contributed by atoms with Gasteiger partial charge in [-0.05, 0) is 19.3 Å². The lowest BCUT2D eigenvalue weighted by Gasteiger charge is -2.21. The van der Waals surface area contributed by atoms with Crippen molar-refractivity contribution in [1.29, 1.82) is 0 Å². The molecule has 0 saturated carbocycles. The number of rotatable bonds is 10. The molecule has 26 heavy (non-hydrogen) atoms. The monoisotopic (exact) mass is 368 g/mol. The first-order chi connectivity index (χ1) is 12.3. The zero-order chi connectivity index (χ0) is 20.1. The summed E-state index contributed by atoms with van der Waals surface area (Å²) in [4.78, 5) is 51.8. The van der Waals surface area contributed by atoms with Gasteiger partial charge in [0.1, 0.15) is 6.04 Å². The highest BCUT2D eigenvalue weighted by molar-refractivity contribution is 6.38. The molecule has 0 fully saturated rings. The summed E-state index contributed by atoms with van der Waals surface area (Å²) in [6, 6.07) is 1.10. The Balaban J connectivity index is 4.74. The van der Waals surface area contributed by atoms with Gasteiger partial charge in [-0.15, -0.1) is 0 Å². The molecule has 0 spiro atoms. The Bertz CT molecular complexity index is 565. The van der Waals surface area contributed by atoms with Crippen LogP contribution in [0.3, 0.4) is 0 Å². The van der Waals surface area contributed by atoms with Gasteiger partial charge in [-0.3, -0.25) is 14.4 Å². The van der Waals surface area contributed by atoms with Crippen LogP contribution < -0.4 is 10.6 Å². The lowest BCUT2D eigenvalue weighted by molar-refractivity contribution is -0.146. The third-order valence-corrected chi connectivity index (χ3v) is 3.89. The summed E-state index contributed by atoms with van der Waals surface area (Å²) < 4.78 is 4.68. The minimum absolute atomic E-state index is 0.128. The van der Waals surface area contributed by atoms with E-state index in [1.807, 2.05) is 27.7 Å². The quantitative estimate of drug-likeness (QED) is 0.446. The number of ketones is 1. The summed E-state index contributed by atoms with van der Waals surface area (Å²) in [5.74, 6) is -2.83. The van der Waals surface area contributed by atoms with E-state index in [-0.39, 0.29) is 5.92 Å². The molecule has 146 valence electrons. The van der Waals surface area contributed by atoms with Crippen LogP contribution in [0.1, 0.15) is 53.4 Å². The van der Waals surface area contributed by atoms with Gasteiger partial charge in [0.05, 0.1) is 20.1 Å². The molecule has 8 nitrogen and oxygen atoms in total. The molecule has 0 aliphatic carbocycles. The van der Waals surface area contributed by atoms with Crippen LogP contribution in [-0.4, -0.2) is 49.3 Å². The van der Waals surface area contributed by atoms with Gasteiger partial charge >= 0.3 is 17.8 Å². The summed E-state index contributed by atoms with van der Waals surface area (Å²) in [5, 5.41) is 4.80. The molecule has 0 aromatic rings. The Hall–Kier alpha value is -2.43. The number of hydrogen-bond acceptors (Lipinski definition) is 5. The smallest absolute Gasteiger partial charge is 0.338 e. The SMILES string of the molecule is CCC#[N+]C(CCC)C(=O)C(=O)NCC(=O)NC(C(=O)OC)C(C)CC. The van der Waals surface area contributed by atoms with Gasteiger partial charge in [0.25, 0.3) is 12.0 Å². The molecular formula is C18H30N3O5+. The maximum absolute atomic E-state index is 12.1. The first-order valence-corrected chi connectivity index (χ1v) is 8.94. The molecule has 3 unspecified atom stereocenters. The van der Waals surface area contributed by atoms with E-state index in [0.29, 0.717) is 25.7 Å². The van der Waals surface area contributed by atoms with E-state index < -0.39 is 42.2 Å². The number of carbonyl (C=O) groups is 4. The molecule has 0 saturated heterocycles. The molecule has 0 radical (unpaired) electrons. The number of nitrogens with zero attached hydrogens (tertiary/aromatic N) is 1. The van der Waals surface area contributed by atoms with Crippen molar-refractivity contribution in [3.05, 3.63) is 4.85 Å². The van der Waals surface area contributed by atoms with Gasteiger partial charge in [-0.2, -0.15) is 0 Å². The minimum Gasteiger partial charge on any atom is -0.467 e. The fraction of sp³-hybridized carbons (Fsp3) is 0.722. The Labute approximate surface area is 154 Å². The normalized spacial score (nSPS) is 13.4. The summed E-state index contributed by atoms with van der Waals surface area (Å²) in [6.07, 6.45) is 2.33. The van der Waals surface area contributed by atoms with Crippen LogP contribution in [0.15, 0.2) is 0 Å². The molecule has 3 atom stereocenters. The van der Waals surface area contributed by atoms with Gasteiger partial charge in [0.15, 0.2) is 0 Å². The molecule has 2 N–H and O–H groups in total. The van der Waals surface area contributed by atoms with Crippen molar-refractivity contribution in [2.75, 3.05) is 13.7 Å². The molecule has 0 rings (SSSR count). The maximum atomic E-state index is 12.1. The summed E-state index contributed by atoms with van der Waals surface area (Å²) in [7, 11) is 1.24. The number of amides is 2. The molecule has 0 aromatic carbocycles. The predicted molar refractivity (Wildman–Crippen MR) is 97.7 cm³/mol. The molecule has 0 aliphatic heterocycles. The lowest BCUT2D eigenvalue weighted by Crippen LogP contribution is -2.50. The van der Waals surface area contributed by atoms with E-state index in [1.165, 1.54) is 7.11 Å². The zero-order valence-corrected chi connectivity index (χ0v) is 16.3. The van der Waals surface area contributed by atoms with Crippen molar-refractivity contribution in [3.63, 3.8) is 0 Å². The third-order valence-electron chi connectivity index (χ3n) is 3.89. The second-order valence-corrected chi connectivity index (χ2v) is 5.95. The van der Waals surface area contributed by atoms with Crippen molar-refractivity contribution in [2.45, 2.75) is 65.5 Å². The van der Waals surface area contributed by atoms with Gasteiger partial charge in [0.2, 0.25) is 5.91 Å². The number of nitrogens with one attached hydrogen (secondary N) is 2. The van der Waals surface area contributed by atoms with E-state index in [9.17, 15) is 19.2 Å². The van der Waals surface area contributed by atoms with Crippen LogP contribution in [0.25, 0.3) is 4.85 Å². The Morgan fingerprint density at radius 2 is 1.81 bits per heavy atom. The predicted octanol–water partition coefficient (Wildman–Crippen LogP) is 1.29. The summed E-state index contributed by atoms with van der Waals surface area (Å²) in [6.45, 7) is 7.00. The minimum atomic E-state index is -0.876. The van der Waals surface area contributed by atoms with Crippen molar-refractivity contribution >= 4 is 23.6 Å². The van der Waals surface area contributed by atoms with Gasteiger partial charge in [-0.25, -0.2) is 4.79 Å². The van der Waals surface area contributed by atoms with E-state index in [0.717, 1.165) is 0 Å². The van der Waals surface area contributed by atoms with Crippen LogP contribution >= 0.6 is 0 Å². The number of carbonyl (C=O) groups excluding carboxylic acids is 4. The number of hydrogen-bond donors (Lipinski definition) is 2. The Morgan fingerprint density at radius 3 is 2.31 bits per heavy atom. The average Bonchev–Trinajstić information content (AvgIpc) is 2.65. The van der Waals surface area contributed by atoms with Crippen LogP contribution in [0.4, 0.5) is 0 Å². The fourth-order valence-electron chi connectivity index (χ4n) is 2.15. The molecule has 0 heterocycles. The second kappa shape index (κ2) is 12.9. The number of Topliss-reactive ketones (excluding diaryl/α,β-unsaturated/α-hetero) is 1. The summed E-state index contributed by atoms with van der Waals surface area (Å²) in [5.41, 5.74) is 0. The van der Waals surface area contributed by atoms with Crippen LogP contribution in [0.2, 0.25) is 0 Å². The van der Waals surface area contributed by atoms with Crippen molar-refractivity contribution < 1.29 is 23.9 Å². The first-order valence-electron chi connectivity index (χ1n) is 8.94. The zero-order valence-electron chi connectivity index (χ0n) is 16.3. The molecular weight excluding hydrogens is 338 g/mol. The second-order valence-electron chi connectivity index (χ2n) is 5.95. The molecule has 2 amide bonds. The highest BCUT2D eigenvalue weighted by atomic mass is 16.5. The molecule has 0 bridgehead atoms. The maximum Gasteiger partial charge on any atom is 0.338 e. The average molecular weight is 368 g/mol. The highest BCUT2D eigenvalue weighted by Crippen LogP contribution is 2.09. The van der Waals surface area contributed by atoms with Crippen LogP contribution in [0, 0.1) is 12.0 Å².